The Morgan fingerprint density at radius 2 is 2.05 bits per heavy atom. The van der Waals surface area contributed by atoms with Crippen molar-refractivity contribution in [2.24, 2.45) is 17.3 Å². The lowest BCUT2D eigenvalue weighted by Crippen LogP contribution is -2.41. The van der Waals surface area contributed by atoms with Gasteiger partial charge in [0.05, 0.1) is 5.41 Å². The highest BCUT2D eigenvalue weighted by molar-refractivity contribution is 5.79. The molecule has 120 valence electrons. The SMILES string of the molecule is CCC1=CC(CC(C)C)(C(=O)O)C(CCOC)C(CC)=C1. The molecule has 0 amide bonds. The van der Waals surface area contributed by atoms with Gasteiger partial charge in [-0.3, -0.25) is 4.79 Å². The average Bonchev–Trinajstić information content (AvgIpc) is 2.44. The van der Waals surface area contributed by atoms with E-state index in [1.807, 2.05) is 6.08 Å². The quantitative estimate of drug-likeness (QED) is 0.719. The number of ether oxygens (including phenoxy) is 1. The highest BCUT2D eigenvalue weighted by Crippen LogP contribution is 2.47. The first-order valence-electron chi connectivity index (χ1n) is 8.05. The lowest BCUT2D eigenvalue weighted by Gasteiger charge is -2.41. The summed E-state index contributed by atoms with van der Waals surface area (Å²) < 4.78 is 5.23. The van der Waals surface area contributed by atoms with Crippen LogP contribution in [0.3, 0.4) is 0 Å². The minimum Gasteiger partial charge on any atom is -0.481 e. The molecule has 3 heteroatoms. The Hall–Kier alpha value is -1.09. The molecule has 1 aliphatic rings. The predicted octanol–water partition coefficient (Wildman–Crippen LogP) is 4.44. The normalized spacial score (nSPS) is 25.7. The van der Waals surface area contributed by atoms with Gasteiger partial charge in [0.1, 0.15) is 0 Å². The Morgan fingerprint density at radius 1 is 1.38 bits per heavy atom. The summed E-state index contributed by atoms with van der Waals surface area (Å²) in [6, 6.07) is 0. The molecule has 0 aromatic heterocycles. The second-order valence-corrected chi connectivity index (χ2v) is 6.42. The van der Waals surface area contributed by atoms with Crippen molar-refractivity contribution in [1.29, 1.82) is 0 Å². The van der Waals surface area contributed by atoms with Crippen LogP contribution in [0, 0.1) is 17.3 Å². The van der Waals surface area contributed by atoms with Crippen LogP contribution in [0.1, 0.15) is 53.4 Å². The molecular formula is C18H30O3. The number of methoxy groups -OCH3 is 1. The van der Waals surface area contributed by atoms with E-state index in [1.54, 1.807) is 7.11 Å². The molecule has 0 heterocycles. The molecule has 1 aliphatic carbocycles. The van der Waals surface area contributed by atoms with Crippen molar-refractivity contribution < 1.29 is 14.6 Å². The van der Waals surface area contributed by atoms with Crippen LogP contribution in [-0.4, -0.2) is 24.8 Å². The van der Waals surface area contributed by atoms with Gasteiger partial charge in [-0.05, 0) is 31.6 Å². The standard InChI is InChI=1S/C18H30O3/c1-6-14-10-15(7-2)16(8-9-21-5)18(12-14,17(19)20)11-13(3)4/h10,12-13,16H,6-9,11H2,1-5H3,(H,19,20). The number of rotatable bonds is 8. The van der Waals surface area contributed by atoms with Crippen molar-refractivity contribution in [3.8, 4) is 0 Å². The fraction of sp³-hybridized carbons (Fsp3) is 0.722. The van der Waals surface area contributed by atoms with Gasteiger partial charge in [-0.15, -0.1) is 0 Å². The zero-order chi connectivity index (χ0) is 16.0. The third-order valence-corrected chi connectivity index (χ3v) is 4.45. The molecule has 1 rings (SSSR count). The van der Waals surface area contributed by atoms with Crippen LogP contribution in [0.5, 0.6) is 0 Å². The summed E-state index contributed by atoms with van der Waals surface area (Å²) >= 11 is 0. The van der Waals surface area contributed by atoms with Crippen LogP contribution in [0.4, 0.5) is 0 Å². The van der Waals surface area contributed by atoms with Gasteiger partial charge in [-0.2, -0.15) is 0 Å². The third-order valence-electron chi connectivity index (χ3n) is 4.45. The number of allylic oxidation sites excluding steroid dienone is 3. The van der Waals surface area contributed by atoms with E-state index in [-0.39, 0.29) is 5.92 Å². The zero-order valence-electron chi connectivity index (χ0n) is 14.1. The van der Waals surface area contributed by atoms with Crippen LogP contribution in [0.25, 0.3) is 0 Å². The highest BCUT2D eigenvalue weighted by Gasteiger charge is 2.47. The van der Waals surface area contributed by atoms with Crippen molar-refractivity contribution >= 4 is 5.97 Å². The van der Waals surface area contributed by atoms with Gasteiger partial charge >= 0.3 is 5.97 Å². The molecule has 0 radical (unpaired) electrons. The number of carbonyl (C=O) groups is 1. The summed E-state index contributed by atoms with van der Waals surface area (Å²) in [7, 11) is 1.68. The molecule has 0 spiro atoms. The van der Waals surface area contributed by atoms with E-state index in [4.69, 9.17) is 4.74 Å². The Kier molecular flexibility index (Phi) is 6.66. The van der Waals surface area contributed by atoms with E-state index in [0.717, 1.165) is 24.8 Å². The first-order chi connectivity index (χ1) is 9.91. The molecule has 21 heavy (non-hydrogen) atoms. The first-order valence-corrected chi connectivity index (χ1v) is 8.05. The monoisotopic (exact) mass is 294 g/mol. The van der Waals surface area contributed by atoms with Crippen LogP contribution >= 0.6 is 0 Å². The van der Waals surface area contributed by atoms with Crippen molar-refractivity contribution in [3.63, 3.8) is 0 Å². The van der Waals surface area contributed by atoms with E-state index in [9.17, 15) is 9.90 Å². The van der Waals surface area contributed by atoms with Crippen LogP contribution in [-0.2, 0) is 9.53 Å². The molecule has 0 aromatic rings. The third kappa shape index (κ3) is 3.97. The topological polar surface area (TPSA) is 46.5 Å². The maximum atomic E-state index is 12.2. The van der Waals surface area contributed by atoms with Crippen molar-refractivity contribution in [3.05, 3.63) is 23.3 Å². The smallest absolute Gasteiger partial charge is 0.314 e. The molecular weight excluding hydrogens is 264 g/mol. The van der Waals surface area contributed by atoms with Gasteiger partial charge < -0.3 is 9.84 Å². The van der Waals surface area contributed by atoms with E-state index >= 15 is 0 Å². The second-order valence-electron chi connectivity index (χ2n) is 6.42. The summed E-state index contributed by atoms with van der Waals surface area (Å²) in [5.41, 5.74) is 1.64. The molecule has 1 N–H and O–H groups in total. The van der Waals surface area contributed by atoms with E-state index in [2.05, 4.69) is 33.8 Å². The molecule has 2 unspecified atom stereocenters. The highest BCUT2D eigenvalue weighted by atomic mass is 16.5. The molecule has 0 aromatic carbocycles. The minimum atomic E-state index is -0.780. The predicted molar refractivity (Wildman–Crippen MR) is 86.3 cm³/mol. The first kappa shape index (κ1) is 18.0. The maximum Gasteiger partial charge on any atom is 0.314 e. The molecule has 0 fully saturated rings. The summed E-state index contributed by atoms with van der Waals surface area (Å²) in [5, 5.41) is 10.0. The fourth-order valence-corrected chi connectivity index (χ4v) is 3.55. The summed E-state index contributed by atoms with van der Waals surface area (Å²) in [6.45, 7) is 9.01. The average molecular weight is 294 g/mol. The molecule has 2 atom stereocenters. The van der Waals surface area contributed by atoms with Crippen molar-refractivity contribution in [2.45, 2.75) is 53.4 Å². The summed E-state index contributed by atoms with van der Waals surface area (Å²) in [6.07, 6.45) is 7.46. The van der Waals surface area contributed by atoms with Crippen molar-refractivity contribution in [2.75, 3.05) is 13.7 Å². The largest absolute Gasteiger partial charge is 0.481 e. The fourth-order valence-electron chi connectivity index (χ4n) is 3.55. The number of hydrogen-bond donors (Lipinski definition) is 1. The van der Waals surface area contributed by atoms with E-state index in [0.29, 0.717) is 18.9 Å². The molecule has 3 nitrogen and oxygen atoms in total. The zero-order valence-corrected chi connectivity index (χ0v) is 14.1. The molecule has 0 aliphatic heterocycles. The van der Waals surface area contributed by atoms with Gasteiger partial charge in [-0.25, -0.2) is 0 Å². The summed E-state index contributed by atoms with van der Waals surface area (Å²) in [4.78, 5) is 12.2. The van der Waals surface area contributed by atoms with Gasteiger partial charge in [0.15, 0.2) is 0 Å². The number of carboxylic acid groups (broad SMARTS) is 1. The Morgan fingerprint density at radius 3 is 2.48 bits per heavy atom. The van der Waals surface area contributed by atoms with Gasteiger partial charge in [0, 0.05) is 19.6 Å². The molecule has 0 bridgehead atoms. The molecule has 0 saturated heterocycles. The van der Waals surface area contributed by atoms with E-state index in [1.165, 1.54) is 5.57 Å². The van der Waals surface area contributed by atoms with Crippen LogP contribution in [0.15, 0.2) is 23.3 Å². The van der Waals surface area contributed by atoms with Gasteiger partial charge in [0.25, 0.3) is 0 Å². The lowest BCUT2D eigenvalue weighted by molar-refractivity contribution is -0.149. The lowest BCUT2D eigenvalue weighted by atomic mass is 9.62. The Balaban J connectivity index is 3.32. The van der Waals surface area contributed by atoms with Crippen LogP contribution < -0.4 is 0 Å². The van der Waals surface area contributed by atoms with Gasteiger partial charge in [0.2, 0.25) is 0 Å². The molecule has 0 saturated carbocycles. The van der Waals surface area contributed by atoms with Crippen molar-refractivity contribution in [1.82, 2.24) is 0 Å². The number of aliphatic carboxylic acids is 1. The minimum absolute atomic E-state index is 0.0395. The van der Waals surface area contributed by atoms with Crippen LogP contribution in [0.2, 0.25) is 0 Å². The number of hydrogen-bond acceptors (Lipinski definition) is 2. The second kappa shape index (κ2) is 7.79. The Labute approximate surface area is 129 Å². The summed E-state index contributed by atoms with van der Waals surface area (Å²) in [5.74, 6) is -0.309. The maximum absolute atomic E-state index is 12.2. The van der Waals surface area contributed by atoms with E-state index < -0.39 is 11.4 Å². The van der Waals surface area contributed by atoms with Gasteiger partial charge in [-0.1, -0.05) is 51.0 Å². The Bertz CT molecular complexity index is 420. The number of carboxylic acids is 1.